The van der Waals surface area contributed by atoms with Crippen molar-refractivity contribution in [2.24, 2.45) is 0 Å². The summed E-state index contributed by atoms with van der Waals surface area (Å²) in [5.74, 6) is -0.422. The third kappa shape index (κ3) is 3.66. The highest BCUT2D eigenvalue weighted by Crippen LogP contribution is 2.09. The second kappa shape index (κ2) is 4.57. The molecular formula is C9H8O3S. The smallest absolute Gasteiger partial charge is 0.311 e. The molecule has 0 radical (unpaired) electrons. The number of hydrogen-bond donors (Lipinski definition) is 1. The molecule has 0 saturated heterocycles. The molecule has 68 valence electrons. The molecule has 0 aliphatic heterocycles. The molecule has 0 saturated carbocycles. The van der Waals surface area contributed by atoms with Crippen molar-refractivity contribution in [1.82, 2.24) is 0 Å². The average molecular weight is 196 g/mol. The number of ether oxygens (including phenoxy) is 1. The van der Waals surface area contributed by atoms with Gasteiger partial charge in [0.05, 0.1) is 0 Å². The van der Waals surface area contributed by atoms with E-state index in [1.165, 1.54) is 0 Å². The van der Waals surface area contributed by atoms with Gasteiger partial charge in [0.2, 0.25) is 0 Å². The molecule has 0 unspecified atom stereocenters. The molecule has 0 aromatic heterocycles. The Hall–Kier alpha value is -1.42. The molecule has 1 rings (SSSR count). The largest absolute Gasteiger partial charge is 0.481 e. The van der Waals surface area contributed by atoms with Gasteiger partial charge in [0.15, 0.2) is 5.05 Å². The number of carboxylic acids is 1. The Morgan fingerprint density at radius 1 is 1.38 bits per heavy atom. The van der Waals surface area contributed by atoms with E-state index in [4.69, 9.17) is 22.1 Å². The molecule has 13 heavy (non-hydrogen) atoms. The molecule has 0 fully saturated rings. The summed E-state index contributed by atoms with van der Waals surface area (Å²) in [4.78, 5) is 10.2. The van der Waals surface area contributed by atoms with E-state index in [1.54, 1.807) is 24.3 Å². The summed E-state index contributed by atoms with van der Waals surface area (Å²) < 4.78 is 5.08. The van der Waals surface area contributed by atoms with E-state index in [-0.39, 0.29) is 11.5 Å². The fourth-order valence-corrected chi connectivity index (χ4v) is 0.999. The number of thiocarbonyl (C=S) groups is 1. The van der Waals surface area contributed by atoms with E-state index >= 15 is 0 Å². The van der Waals surface area contributed by atoms with Gasteiger partial charge in [-0.3, -0.25) is 4.79 Å². The van der Waals surface area contributed by atoms with Crippen LogP contribution >= 0.6 is 12.2 Å². The van der Waals surface area contributed by atoms with Gasteiger partial charge in [-0.25, -0.2) is 0 Å². The van der Waals surface area contributed by atoms with Crippen LogP contribution in [0.5, 0.6) is 5.75 Å². The fourth-order valence-electron chi connectivity index (χ4n) is 0.780. The van der Waals surface area contributed by atoms with Gasteiger partial charge in [0, 0.05) is 0 Å². The van der Waals surface area contributed by atoms with Gasteiger partial charge >= 0.3 is 5.97 Å². The van der Waals surface area contributed by atoms with Crippen molar-refractivity contribution in [2.45, 2.75) is 6.42 Å². The highest BCUT2D eigenvalue weighted by molar-refractivity contribution is 7.80. The summed E-state index contributed by atoms with van der Waals surface area (Å²) in [6, 6.07) is 8.85. The predicted octanol–water partition coefficient (Wildman–Crippen LogP) is 1.87. The molecule has 0 bridgehead atoms. The van der Waals surface area contributed by atoms with Gasteiger partial charge in [-0.2, -0.15) is 0 Å². The van der Waals surface area contributed by atoms with Crippen molar-refractivity contribution in [1.29, 1.82) is 0 Å². The maximum Gasteiger partial charge on any atom is 0.311 e. The van der Waals surface area contributed by atoms with Crippen LogP contribution in [0.15, 0.2) is 30.3 Å². The molecule has 1 aromatic carbocycles. The Balaban J connectivity index is 2.50. The minimum absolute atomic E-state index is 0.0682. The standard InChI is InChI=1S/C9H8O3S/c10-8(11)6-9(13)12-7-4-2-1-3-5-7/h1-5H,6H2,(H,10,11). The molecule has 3 nitrogen and oxygen atoms in total. The molecule has 0 aliphatic rings. The minimum atomic E-state index is -0.985. The summed E-state index contributed by atoms with van der Waals surface area (Å²) in [7, 11) is 0. The first-order valence-corrected chi connectivity index (χ1v) is 4.07. The number of carbonyl (C=O) groups is 1. The Bertz CT molecular complexity index is 308. The van der Waals surface area contributed by atoms with Gasteiger partial charge in [0.25, 0.3) is 0 Å². The molecule has 4 heteroatoms. The number of hydrogen-bond acceptors (Lipinski definition) is 3. The fraction of sp³-hybridized carbons (Fsp3) is 0.111. The van der Waals surface area contributed by atoms with Crippen LogP contribution in [0.2, 0.25) is 0 Å². The Morgan fingerprint density at radius 2 is 2.00 bits per heavy atom. The maximum absolute atomic E-state index is 10.2. The topological polar surface area (TPSA) is 46.5 Å². The first-order chi connectivity index (χ1) is 6.18. The molecule has 0 amide bonds. The second-order valence-electron chi connectivity index (χ2n) is 2.36. The molecule has 0 heterocycles. The highest BCUT2D eigenvalue weighted by Gasteiger charge is 2.04. The first-order valence-electron chi connectivity index (χ1n) is 3.66. The zero-order valence-corrected chi connectivity index (χ0v) is 7.58. The van der Waals surface area contributed by atoms with Crippen molar-refractivity contribution < 1.29 is 14.6 Å². The van der Waals surface area contributed by atoms with Crippen molar-refractivity contribution in [3.8, 4) is 5.75 Å². The number of rotatable bonds is 3. The monoisotopic (exact) mass is 196 g/mol. The van der Waals surface area contributed by atoms with Crippen LogP contribution < -0.4 is 4.74 Å². The third-order valence-corrected chi connectivity index (χ3v) is 1.50. The summed E-state index contributed by atoms with van der Waals surface area (Å²) in [6.07, 6.45) is -0.246. The summed E-state index contributed by atoms with van der Waals surface area (Å²) in [5.41, 5.74) is 0. The SMILES string of the molecule is O=C(O)CC(=S)Oc1ccccc1. The predicted molar refractivity (Wildman–Crippen MR) is 51.9 cm³/mol. The van der Waals surface area contributed by atoms with E-state index in [0.29, 0.717) is 5.75 Å². The Morgan fingerprint density at radius 3 is 2.54 bits per heavy atom. The van der Waals surface area contributed by atoms with Crippen LogP contribution in [0, 0.1) is 0 Å². The van der Waals surface area contributed by atoms with E-state index in [1.807, 2.05) is 6.07 Å². The molecule has 1 N–H and O–H groups in total. The Kier molecular flexibility index (Phi) is 3.40. The quantitative estimate of drug-likeness (QED) is 0.749. The van der Waals surface area contributed by atoms with Crippen LogP contribution in [-0.2, 0) is 4.79 Å². The lowest BCUT2D eigenvalue weighted by Crippen LogP contribution is -2.10. The van der Waals surface area contributed by atoms with Crippen LogP contribution in [0.25, 0.3) is 0 Å². The molecule has 0 spiro atoms. The van der Waals surface area contributed by atoms with Crippen LogP contribution in [0.4, 0.5) is 0 Å². The molecule has 0 aliphatic carbocycles. The Labute approximate surface area is 81.0 Å². The van der Waals surface area contributed by atoms with Crippen LogP contribution in [-0.4, -0.2) is 16.1 Å². The normalized spacial score (nSPS) is 9.23. The molecular weight excluding hydrogens is 188 g/mol. The number of para-hydroxylation sites is 1. The maximum atomic E-state index is 10.2. The average Bonchev–Trinajstić information content (AvgIpc) is 2.04. The summed E-state index contributed by atoms with van der Waals surface area (Å²) >= 11 is 4.71. The van der Waals surface area contributed by atoms with Gasteiger partial charge in [-0.15, -0.1) is 0 Å². The number of benzene rings is 1. The van der Waals surface area contributed by atoms with Crippen LogP contribution in [0.1, 0.15) is 6.42 Å². The van der Waals surface area contributed by atoms with Crippen molar-refractivity contribution in [3.63, 3.8) is 0 Å². The number of aliphatic carboxylic acids is 1. The zero-order valence-electron chi connectivity index (χ0n) is 6.77. The zero-order chi connectivity index (χ0) is 9.68. The lowest BCUT2D eigenvalue weighted by Gasteiger charge is -2.03. The van der Waals surface area contributed by atoms with Crippen molar-refractivity contribution in [2.75, 3.05) is 0 Å². The second-order valence-corrected chi connectivity index (χ2v) is 2.81. The van der Waals surface area contributed by atoms with Gasteiger partial charge in [0.1, 0.15) is 12.2 Å². The van der Waals surface area contributed by atoms with Crippen molar-refractivity contribution in [3.05, 3.63) is 30.3 Å². The summed E-state index contributed by atoms with van der Waals surface area (Å²) in [5, 5.41) is 8.46. The van der Waals surface area contributed by atoms with Gasteiger partial charge in [-0.05, 0) is 24.4 Å². The molecule has 0 atom stereocenters. The lowest BCUT2D eigenvalue weighted by atomic mass is 10.3. The van der Waals surface area contributed by atoms with E-state index in [2.05, 4.69) is 0 Å². The lowest BCUT2D eigenvalue weighted by molar-refractivity contribution is -0.135. The van der Waals surface area contributed by atoms with Crippen LogP contribution in [0.3, 0.4) is 0 Å². The van der Waals surface area contributed by atoms with Gasteiger partial charge in [-0.1, -0.05) is 18.2 Å². The highest BCUT2D eigenvalue weighted by atomic mass is 32.1. The number of carboxylic acid groups (broad SMARTS) is 1. The van der Waals surface area contributed by atoms with Gasteiger partial charge < -0.3 is 9.84 Å². The molecule has 1 aromatic rings. The third-order valence-electron chi connectivity index (χ3n) is 1.27. The van der Waals surface area contributed by atoms with Crippen molar-refractivity contribution >= 4 is 23.2 Å². The van der Waals surface area contributed by atoms with E-state index < -0.39 is 5.97 Å². The summed E-state index contributed by atoms with van der Waals surface area (Å²) in [6.45, 7) is 0. The first kappa shape index (κ1) is 9.67. The minimum Gasteiger partial charge on any atom is -0.481 e. The van der Waals surface area contributed by atoms with E-state index in [0.717, 1.165) is 0 Å². The van der Waals surface area contributed by atoms with E-state index in [9.17, 15) is 4.79 Å².